The Labute approximate surface area is 107 Å². The highest BCUT2D eigenvalue weighted by Gasteiger charge is 2.29. The Balaban J connectivity index is 2.25. The van der Waals surface area contributed by atoms with Gasteiger partial charge < -0.3 is 20.1 Å². The summed E-state index contributed by atoms with van der Waals surface area (Å²) in [6, 6.07) is 0. The molecule has 1 aliphatic rings. The molecule has 18 heavy (non-hydrogen) atoms. The zero-order valence-corrected chi connectivity index (χ0v) is 11.1. The molecule has 0 amide bonds. The summed E-state index contributed by atoms with van der Waals surface area (Å²) in [7, 11) is 0. The molecule has 1 fully saturated rings. The lowest BCUT2D eigenvalue weighted by Crippen LogP contribution is -2.48. The number of hydrogen-bond donors (Lipinski definition) is 1. The Morgan fingerprint density at radius 1 is 1.50 bits per heavy atom. The summed E-state index contributed by atoms with van der Waals surface area (Å²) in [6.07, 6.45) is 1.49. The third-order valence-corrected chi connectivity index (χ3v) is 2.83. The second kappa shape index (κ2) is 4.97. The van der Waals surface area contributed by atoms with E-state index in [4.69, 9.17) is 15.2 Å². The smallest absolute Gasteiger partial charge is 0.242 e. The van der Waals surface area contributed by atoms with Crippen molar-refractivity contribution in [2.45, 2.75) is 26.4 Å². The lowest BCUT2D eigenvalue weighted by molar-refractivity contribution is -0.0278. The van der Waals surface area contributed by atoms with Gasteiger partial charge in [0.1, 0.15) is 12.0 Å². The van der Waals surface area contributed by atoms with Gasteiger partial charge in [-0.05, 0) is 20.8 Å². The topological polar surface area (TPSA) is 73.5 Å². The lowest BCUT2D eigenvalue weighted by atomic mass is 10.1. The predicted molar refractivity (Wildman–Crippen MR) is 69.9 cm³/mol. The number of anilines is 2. The number of rotatable bonds is 3. The Hall–Kier alpha value is -1.56. The van der Waals surface area contributed by atoms with Crippen molar-refractivity contribution < 1.29 is 9.47 Å². The van der Waals surface area contributed by atoms with E-state index in [9.17, 15) is 0 Å². The van der Waals surface area contributed by atoms with Crippen LogP contribution in [0.3, 0.4) is 0 Å². The minimum Gasteiger partial charge on any atom is -0.476 e. The first-order valence-corrected chi connectivity index (χ1v) is 6.15. The predicted octanol–water partition coefficient (Wildman–Crippen LogP) is 1.07. The van der Waals surface area contributed by atoms with Crippen molar-refractivity contribution in [1.29, 1.82) is 0 Å². The highest BCUT2D eigenvalue weighted by atomic mass is 16.5. The maximum atomic E-state index is 6.06. The molecule has 1 aromatic rings. The van der Waals surface area contributed by atoms with E-state index in [-0.39, 0.29) is 5.60 Å². The number of morpholine rings is 1. The van der Waals surface area contributed by atoms with Gasteiger partial charge in [0, 0.05) is 13.1 Å². The summed E-state index contributed by atoms with van der Waals surface area (Å²) < 4.78 is 11.1. The van der Waals surface area contributed by atoms with Crippen molar-refractivity contribution >= 4 is 11.5 Å². The van der Waals surface area contributed by atoms with E-state index in [1.165, 1.54) is 6.33 Å². The highest BCUT2D eigenvalue weighted by molar-refractivity contribution is 5.68. The molecule has 0 aromatic carbocycles. The molecule has 1 aliphatic heterocycles. The molecule has 6 nitrogen and oxygen atoms in total. The lowest BCUT2D eigenvalue weighted by Gasteiger charge is -2.39. The van der Waals surface area contributed by atoms with Gasteiger partial charge in [0.2, 0.25) is 5.88 Å². The molecular formula is C12H20N4O2. The molecule has 0 aliphatic carbocycles. The maximum absolute atomic E-state index is 6.06. The van der Waals surface area contributed by atoms with E-state index >= 15 is 0 Å². The van der Waals surface area contributed by atoms with Crippen molar-refractivity contribution in [3.8, 4) is 5.88 Å². The first-order valence-electron chi connectivity index (χ1n) is 6.15. The van der Waals surface area contributed by atoms with E-state index in [1.54, 1.807) is 0 Å². The Morgan fingerprint density at radius 2 is 2.28 bits per heavy atom. The summed E-state index contributed by atoms with van der Waals surface area (Å²) in [4.78, 5) is 10.4. The van der Waals surface area contributed by atoms with Crippen LogP contribution in [0.2, 0.25) is 0 Å². The van der Waals surface area contributed by atoms with Crippen LogP contribution in [0, 0.1) is 0 Å². The van der Waals surface area contributed by atoms with E-state index < -0.39 is 0 Å². The van der Waals surface area contributed by atoms with Crippen LogP contribution in [0.1, 0.15) is 20.8 Å². The maximum Gasteiger partial charge on any atom is 0.242 e. The molecule has 6 heteroatoms. The van der Waals surface area contributed by atoms with Gasteiger partial charge in [0.05, 0.1) is 18.8 Å². The standard InChI is InChI=1S/C12H20N4O2/c1-4-17-11-9(13)10(14-8-15-11)16-5-6-18-12(2,3)7-16/h8H,4-7,13H2,1-3H3. The van der Waals surface area contributed by atoms with Crippen molar-refractivity contribution in [2.75, 3.05) is 36.9 Å². The van der Waals surface area contributed by atoms with Crippen LogP contribution in [0.25, 0.3) is 0 Å². The third-order valence-electron chi connectivity index (χ3n) is 2.83. The summed E-state index contributed by atoms with van der Waals surface area (Å²) in [6.45, 7) is 8.74. The summed E-state index contributed by atoms with van der Waals surface area (Å²) in [5.41, 5.74) is 6.36. The Kier molecular flexibility index (Phi) is 3.56. The zero-order valence-electron chi connectivity index (χ0n) is 11.1. The number of nitrogens with two attached hydrogens (primary N) is 1. The quantitative estimate of drug-likeness (QED) is 0.867. The first kappa shape index (κ1) is 12.9. The van der Waals surface area contributed by atoms with Gasteiger partial charge in [0.25, 0.3) is 0 Å². The van der Waals surface area contributed by atoms with Gasteiger partial charge in [-0.2, -0.15) is 4.98 Å². The summed E-state index contributed by atoms with van der Waals surface area (Å²) in [5, 5.41) is 0. The highest BCUT2D eigenvalue weighted by Crippen LogP contribution is 2.30. The fraction of sp³-hybridized carbons (Fsp3) is 0.667. The third kappa shape index (κ3) is 2.64. The number of nitrogen functional groups attached to an aromatic ring is 1. The molecule has 0 saturated carbocycles. The second-order valence-corrected chi connectivity index (χ2v) is 4.88. The van der Waals surface area contributed by atoms with Crippen molar-refractivity contribution in [2.24, 2.45) is 0 Å². The van der Waals surface area contributed by atoms with Gasteiger partial charge in [-0.1, -0.05) is 0 Å². The summed E-state index contributed by atoms with van der Waals surface area (Å²) in [5.74, 6) is 1.18. The van der Waals surface area contributed by atoms with E-state index in [2.05, 4.69) is 28.7 Å². The minimum atomic E-state index is -0.193. The van der Waals surface area contributed by atoms with Gasteiger partial charge >= 0.3 is 0 Å². The average molecular weight is 252 g/mol. The first-order chi connectivity index (χ1) is 8.53. The monoisotopic (exact) mass is 252 g/mol. The van der Waals surface area contributed by atoms with Gasteiger partial charge in [-0.3, -0.25) is 0 Å². The number of nitrogens with zero attached hydrogens (tertiary/aromatic N) is 3. The Bertz CT molecular complexity index is 423. The minimum absolute atomic E-state index is 0.193. The van der Waals surface area contributed by atoms with Crippen LogP contribution in [0.15, 0.2) is 6.33 Å². The molecule has 2 N–H and O–H groups in total. The van der Waals surface area contributed by atoms with Crippen molar-refractivity contribution in [1.82, 2.24) is 9.97 Å². The van der Waals surface area contributed by atoms with Gasteiger partial charge in [-0.15, -0.1) is 0 Å². The molecule has 0 spiro atoms. The molecular weight excluding hydrogens is 232 g/mol. The molecule has 1 aromatic heterocycles. The molecule has 2 rings (SSSR count). The molecule has 1 saturated heterocycles. The number of aromatic nitrogens is 2. The van der Waals surface area contributed by atoms with Crippen LogP contribution in [0.5, 0.6) is 5.88 Å². The van der Waals surface area contributed by atoms with Gasteiger partial charge in [0.15, 0.2) is 5.82 Å². The largest absolute Gasteiger partial charge is 0.476 e. The molecule has 100 valence electrons. The van der Waals surface area contributed by atoms with Crippen LogP contribution in [-0.4, -0.2) is 41.9 Å². The van der Waals surface area contributed by atoms with Crippen LogP contribution < -0.4 is 15.4 Å². The SMILES string of the molecule is CCOc1ncnc(N2CCOC(C)(C)C2)c1N. The number of ether oxygens (including phenoxy) is 2. The van der Waals surface area contributed by atoms with Crippen LogP contribution in [0.4, 0.5) is 11.5 Å². The molecule has 0 atom stereocenters. The van der Waals surface area contributed by atoms with Crippen molar-refractivity contribution in [3.63, 3.8) is 0 Å². The van der Waals surface area contributed by atoms with E-state index in [0.717, 1.165) is 18.9 Å². The second-order valence-electron chi connectivity index (χ2n) is 4.88. The fourth-order valence-electron chi connectivity index (χ4n) is 2.07. The van der Waals surface area contributed by atoms with Crippen LogP contribution in [-0.2, 0) is 4.74 Å². The summed E-state index contributed by atoms with van der Waals surface area (Å²) >= 11 is 0. The van der Waals surface area contributed by atoms with Crippen molar-refractivity contribution in [3.05, 3.63) is 6.33 Å². The van der Waals surface area contributed by atoms with E-state index in [1.807, 2.05) is 6.92 Å². The zero-order chi connectivity index (χ0) is 13.2. The van der Waals surface area contributed by atoms with Crippen LogP contribution >= 0.6 is 0 Å². The number of hydrogen-bond acceptors (Lipinski definition) is 6. The Morgan fingerprint density at radius 3 is 2.94 bits per heavy atom. The van der Waals surface area contributed by atoms with E-state index in [0.29, 0.717) is 24.8 Å². The molecule has 0 radical (unpaired) electrons. The average Bonchev–Trinajstić information content (AvgIpc) is 2.31. The molecule has 2 heterocycles. The normalized spacial score (nSPS) is 18.7. The molecule has 0 unspecified atom stereocenters. The fourth-order valence-corrected chi connectivity index (χ4v) is 2.07. The van der Waals surface area contributed by atoms with Gasteiger partial charge in [-0.25, -0.2) is 4.98 Å². The molecule has 0 bridgehead atoms.